The van der Waals surface area contributed by atoms with Crippen molar-refractivity contribution in [1.82, 2.24) is 9.88 Å². The van der Waals surface area contributed by atoms with Gasteiger partial charge in [0.1, 0.15) is 5.69 Å². The Balaban J connectivity index is 2.20. The summed E-state index contributed by atoms with van der Waals surface area (Å²) in [6, 6.07) is 0. The average molecular weight is 323 g/mol. The second kappa shape index (κ2) is 7.61. The maximum Gasteiger partial charge on any atom is 0.355 e. The summed E-state index contributed by atoms with van der Waals surface area (Å²) in [4.78, 5) is 29.6. The van der Waals surface area contributed by atoms with Gasteiger partial charge in [0.25, 0.3) is 5.91 Å². The van der Waals surface area contributed by atoms with Gasteiger partial charge in [0.05, 0.1) is 24.9 Å². The van der Waals surface area contributed by atoms with Crippen LogP contribution in [0.2, 0.25) is 0 Å². The highest BCUT2D eigenvalue weighted by molar-refractivity contribution is 6.01. The second-order valence-corrected chi connectivity index (χ2v) is 5.67. The first-order valence-corrected chi connectivity index (χ1v) is 7.96. The SMILES string of the molecule is CCOC(=O)c1[nH]c(C)c(C(=O)N2CCO[C@H](CCN)C2)c1C. The van der Waals surface area contributed by atoms with Gasteiger partial charge in [-0.1, -0.05) is 0 Å². The van der Waals surface area contributed by atoms with E-state index < -0.39 is 5.97 Å². The highest BCUT2D eigenvalue weighted by atomic mass is 16.5. The van der Waals surface area contributed by atoms with Crippen molar-refractivity contribution in [2.75, 3.05) is 32.8 Å². The molecule has 1 aromatic rings. The van der Waals surface area contributed by atoms with Gasteiger partial charge in [-0.25, -0.2) is 4.79 Å². The number of H-pyrrole nitrogens is 1. The summed E-state index contributed by atoms with van der Waals surface area (Å²) in [7, 11) is 0. The lowest BCUT2D eigenvalue weighted by atomic mass is 10.1. The Kier molecular flexibility index (Phi) is 5.79. The summed E-state index contributed by atoms with van der Waals surface area (Å²) in [5.41, 5.74) is 7.77. The zero-order chi connectivity index (χ0) is 17.0. The number of esters is 1. The van der Waals surface area contributed by atoms with E-state index in [1.54, 1.807) is 25.7 Å². The van der Waals surface area contributed by atoms with E-state index in [4.69, 9.17) is 15.2 Å². The van der Waals surface area contributed by atoms with Crippen LogP contribution in [0.4, 0.5) is 0 Å². The number of carbonyl (C=O) groups excluding carboxylic acids is 2. The number of aryl methyl sites for hydroxylation is 1. The molecule has 1 fully saturated rings. The molecule has 0 aliphatic carbocycles. The van der Waals surface area contributed by atoms with Crippen molar-refractivity contribution in [2.24, 2.45) is 5.73 Å². The number of aromatic nitrogens is 1. The molecular weight excluding hydrogens is 298 g/mol. The van der Waals surface area contributed by atoms with Gasteiger partial charge < -0.3 is 25.1 Å². The first kappa shape index (κ1) is 17.5. The van der Waals surface area contributed by atoms with E-state index in [0.29, 0.717) is 55.4 Å². The van der Waals surface area contributed by atoms with Gasteiger partial charge in [-0.3, -0.25) is 4.79 Å². The lowest BCUT2D eigenvalue weighted by Crippen LogP contribution is -2.46. The fraction of sp³-hybridized carbons (Fsp3) is 0.625. The molecule has 0 saturated carbocycles. The summed E-state index contributed by atoms with van der Waals surface area (Å²) >= 11 is 0. The number of hydrogen-bond acceptors (Lipinski definition) is 5. The van der Waals surface area contributed by atoms with E-state index in [9.17, 15) is 9.59 Å². The van der Waals surface area contributed by atoms with Crippen molar-refractivity contribution in [2.45, 2.75) is 33.3 Å². The Morgan fingerprint density at radius 3 is 2.83 bits per heavy atom. The number of rotatable bonds is 5. The third-order valence-corrected chi connectivity index (χ3v) is 4.05. The molecule has 3 N–H and O–H groups in total. The highest BCUT2D eigenvalue weighted by Crippen LogP contribution is 2.22. The minimum Gasteiger partial charge on any atom is -0.461 e. The first-order valence-electron chi connectivity index (χ1n) is 7.96. The Morgan fingerprint density at radius 1 is 1.43 bits per heavy atom. The van der Waals surface area contributed by atoms with Gasteiger partial charge in [-0.05, 0) is 39.3 Å². The van der Waals surface area contributed by atoms with Crippen LogP contribution in [0.1, 0.15) is 45.4 Å². The Labute approximate surface area is 136 Å². The molecule has 0 spiro atoms. The molecule has 0 unspecified atom stereocenters. The second-order valence-electron chi connectivity index (χ2n) is 5.67. The van der Waals surface area contributed by atoms with Gasteiger partial charge >= 0.3 is 5.97 Å². The Bertz CT molecular complexity index is 580. The first-order chi connectivity index (χ1) is 11.0. The summed E-state index contributed by atoms with van der Waals surface area (Å²) in [5.74, 6) is -0.521. The topological polar surface area (TPSA) is 97.7 Å². The number of carbonyl (C=O) groups is 2. The predicted molar refractivity (Wildman–Crippen MR) is 85.5 cm³/mol. The van der Waals surface area contributed by atoms with E-state index in [1.807, 2.05) is 0 Å². The average Bonchev–Trinajstić information content (AvgIpc) is 2.82. The van der Waals surface area contributed by atoms with Crippen LogP contribution >= 0.6 is 0 Å². The van der Waals surface area contributed by atoms with Crippen LogP contribution in [0, 0.1) is 13.8 Å². The molecule has 1 aliphatic heterocycles. The van der Waals surface area contributed by atoms with Crippen molar-refractivity contribution < 1.29 is 19.1 Å². The van der Waals surface area contributed by atoms with E-state index in [0.717, 1.165) is 6.42 Å². The number of ether oxygens (including phenoxy) is 2. The molecule has 1 aliphatic rings. The highest BCUT2D eigenvalue weighted by Gasteiger charge is 2.29. The van der Waals surface area contributed by atoms with Crippen LogP contribution in [0.5, 0.6) is 0 Å². The zero-order valence-electron chi connectivity index (χ0n) is 14.0. The molecule has 7 heteroatoms. The largest absolute Gasteiger partial charge is 0.461 e. The Morgan fingerprint density at radius 2 is 2.17 bits per heavy atom. The minimum absolute atomic E-state index is 0.0261. The molecule has 1 amide bonds. The van der Waals surface area contributed by atoms with Crippen LogP contribution < -0.4 is 5.73 Å². The predicted octanol–water partition coefficient (Wildman–Crippen LogP) is 0.998. The van der Waals surface area contributed by atoms with Gasteiger partial charge in [0.2, 0.25) is 0 Å². The van der Waals surface area contributed by atoms with Crippen LogP contribution in [0.15, 0.2) is 0 Å². The zero-order valence-corrected chi connectivity index (χ0v) is 14.0. The third-order valence-electron chi connectivity index (χ3n) is 4.05. The molecule has 128 valence electrons. The molecule has 1 aromatic heterocycles. The molecule has 1 atom stereocenters. The number of nitrogens with two attached hydrogens (primary N) is 1. The van der Waals surface area contributed by atoms with Gasteiger partial charge in [-0.15, -0.1) is 0 Å². The number of hydrogen-bond donors (Lipinski definition) is 2. The van der Waals surface area contributed by atoms with E-state index >= 15 is 0 Å². The van der Waals surface area contributed by atoms with Gasteiger partial charge in [0, 0.05) is 18.8 Å². The maximum atomic E-state index is 12.9. The summed E-state index contributed by atoms with van der Waals surface area (Å²) in [6.07, 6.45) is 0.699. The molecule has 0 radical (unpaired) electrons. The number of nitrogens with zero attached hydrogens (tertiary/aromatic N) is 1. The van der Waals surface area contributed by atoms with Gasteiger partial charge in [-0.2, -0.15) is 0 Å². The van der Waals surface area contributed by atoms with Crippen LogP contribution in [-0.4, -0.2) is 60.7 Å². The Hall–Kier alpha value is -1.86. The molecule has 2 heterocycles. The van der Waals surface area contributed by atoms with E-state index in [-0.39, 0.29) is 12.0 Å². The van der Waals surface area contributed by atoms with Crippen molar-refractivity contribution in [3.05, 3.63) is 22.5 Å². The lowest BCUT2D eigenvalue weighted by molar-refractivity contribution is -0.0236. The summed E-state index contributed by atoms with van der Waals surface area (Å²) in [5, 5.41) is 0. The molecule has 2 rings (SSSR count). The van der Waals surface area contributed by atoms with Crippen molar-refractivity contribution in [3.63, 3.8) is 0 Å². The number of amides is 1. The number of morpholine rings is 1. The van der Waals surface area contributed by atoms with Crippen LogP contribution in [-0.2, 0) is 9.47 Å². The normalized spacial score (nSPS) is 18.1. The van der Waals surface area contributed by atoms with Crippen molar-refractivity contribution in [1.29, 1.82) is 0 Å². The summed E-state index contributed by atoms with van der Waals surface area (Å²) < 4.78 is 10.6. The molecular formula is C16H25N3O4. The monoisotopic (exact) mass is 323 g/mol. The smallest absolute Gasteiger partial charge is 0.355 e. The van der Waals surface area contributed by atoms with Gasteiger partial charge in [0.15, 0.2) is 0 Å². The molecule has 1 saturated heterocycles. The number of nitrogens with one attached hydrogen (secondary N) is 1. The van der Waals surface area contributed by atoms with Crippen molar-refractivity contribution in [3.8, 4) is 0 Å². The third kappa shape index (κ3) is 3.73. The summed E-state index contributed by atoms with van der Waals surface area (Å²) in [6.45, 7) is 7.70. The molecule has 0 bridgehead atoms. The minimum atomic E-state index is -0.435. The lowest BCUT2D eigenvalue weighted by Gasteiger charge is -2.33. The quantitative estimate of drug-likeness (QED) is 0.788. The van der Waals surface area contributed by atoms with Crippen LogP contribution in [0.3, 0.4) is 0 Å². The standard InChI is InChI=1S/C16H25N3O4/c1-4-22-16(21)14-10(2)13(11(3)18-14)15(20)19-7-8-23-12(9-19)5-6-17/h12,18H,4-9,17H2,1-3H3/t12-/m1/s1. The maximum absolute atomic E-state index is 12.9. The fourth-order valence-corrected chi connectivity index (χ4v) is 2.90. The van der Waals surface area contributed by atoms with Crippen LogP contribution in [0.25, 0.3) is 0 Å². The van der Waals surface area contributed by atoms with E-state index in [1.165, 1.54) is 0 Å². The van der Waals surface area contributed by atoms with E-state index in [2.05, 4.69) is 4.98 Å². The molecule has 23 heavy (non-hydrogen) atoms. The molecule has 0 aromatic carbocycles. The fourth-order valence-electron chi connectivity index (χ4n) is 2.90. The molecule has 7 nitrogen and oxygen atoms in total. The number of aromatic amines is 1. The van der Waals surface area contributed by atoms with Crippen molar-refractivity contribution >= 4 is 11.9 Å².